The molecular formula is C17H26N3O3+. The summed E-state index contributed by atoms with van der Waals surface area (Å²) in [6.45, 7) is 6.18. The fraction of sp³-hybridized carbons (Fsp3) is 0.588. The van der Waals surface area contributed by atoms with E-state index in [9.17, 15) is 9.59 Å². The van der Waals surface area contributed by atoms with Crippen molar-refractivity contribution in [2.75, 3.05) is 19.7 Å². The summed E-state index contributed by atoms with van der Waals surface area (Å²) in [4.78, 5) is 25.4. The number of piperidine rings is 1. The van der Waals surface area contributed by atoms with Gasteiger partial charge in [-0.25, -0.2) is 9.36 Å². The van der Waals surface area contributed by atoms with Crippen molar-refractivity contribution in [1.82, 2.24) is 10.2 Å². The topological polar surface area (TPSA) is 62.5 Å². The number of pyridine rings is 1. The van der Waals surface area contributed by atoms with Crippen molar-refractivity contribution < 1.29 is 18.9 Å². The monoisotopic (exact) mass is 320 g/mol. The first-order valence-electron chi connectivity index (χ1n) is 8.25. The zero-order valence-electron chi connectivity index (χ0n) is 14.0. The second-order valence-electron chi connectivity index (χ2n) is 5.89. The Hall–Kier alpha value is -2.11. The van der Waals surface area contributed by atoms with Crippen molar-refractivity contribution >= 4 is 12.0 Å². The van der Waals surface area contributed by atoms with Gasteiger partial charge in [0.2, 0.25) is 5.91 Å². The lowest BCUT2D eigenvalue weighted by atomic mass is 10.1. The normalized spacial score (nSPS) is 15.3. The fourth-order valence-electron chi connectivity index (χ4n) is 2.63. The van der Waals surface area contributed by atoms with Gasteiger partial charge in [-0.1, -0.05) is 0 Å². The molecule has 2 heterocycles. The van der Waals surface area contributed by atoms with E-state index < -0.39 is 0 Å². The van der Waals surface area contributed by atoms with Gasteiger partial charge in [0.05, 0.1) is 13.0 Å². The Balaban J connectivity index is 1.68. The van der Waals surface area contributed by atoms with E-state index in [0.29, 0.717) is 32.7 Å². The molecule has 1 aromatic heterocycles. The highest BCUT2D eigenvalue weighted by molar-refractivity contribution is 5.76. The van der Waals surface area contributed by atoms with E-state index in [1.165, 1.54) is 5.56 Å². The van der Waals surface area contributed by atoms with Gasteiger partial charge in [0.15, 0.2) is 18.9 Å². The number of likely N-dealkylation sites (tertiary alicyclic amines) is 1. The number of amides is 2. The van der Waals surface area contributed by atoms with E-state index >= 15 is 0 Å². The third kappa shape index (κ3) is 5.54. The van der Waals surface area contributed by atoms with Crippen LogP contribution in [0.15, 0.2) is 24.5 Å². The summed E-state index contributed by atoms with van der Waals surface area (Å²) in [6.07, 6.45) is 5.74. The van der Waals surface area contributed by atoms with Crippen LogP contribution in [0.3, 0.4) is 0 Å². The Labute approximate surface area is 137 Å². The van der Waals surface area contributed by atoms with Crippen LogP contribution in [0.1, 0.15) is 31.7 Å². The van der Waals surface area contributed by atoms with E-state index in [2.05, 4.69) is 5.32 Å². The maximum atomic E-state index is 12.0. The molecule has 6 heteroatoms. The molecule has 6 nitrogen and oxygen atoms in total. The molecule has 1 fully saturated rings. The van der Waals surface area contributed by atoms with Crippen LogP contribution in [0.4, 0.5) is 4.79 Å². The second-order valence-corrected chi connectivity index (χ2v) is 5.89. The SMILES string of the molecule is CCOC(=O)N1CCC(NC(=O)CC[n+]2ccc(C)cc2)CC1. The van der Waals surface area contributed by atoms with Crippen molar-refractivity contribution in [2.45, 2.75) is 45.7 Å². The van der Waals surface area contributed by atoms with Crippen molar-refractivity contribution in [3.63, 3.8) is 0 Å². The van der Waals surface area contributed by atoms with Crippen molar-refractivity contribution in [3.05, 3.63) is 30.1 Å². The van der Waals surface area contributed by atoms with Gasteiger partial charge in [-0.15, -0.1) is 0 Å². The van der Waals surface area contributed by atoms with Crippen LogP contribution in [0.5, 0.6) is 0 Å². The number of carbonyl (C=O) groups excluding carboxylic acids is 2. The van der Waals surface area contributed by atoms with Gasteiger partial charge in [-0.3, -0.25) is 4.79 Å². The molecule has 0 aromatic carbocycles. The lowest BCUT2D eigenvalue weighted by Crippen LogP contribution is -2.47. The number of aromatic nitrogens is 1. The van der Waals surface area contributed by atoms with Crippen LogP contribution in [0, 0.1) is 6.92 Å². The predicted molar refractivity (Wildman–Crippen MR) is 85.8 cm³/mol. The van der Waals surface area contributed by atoms with Gasteiger partial charge < -0.3 is 15.0 Å². The highest BCUT2D eigenvalue weighted by Crippen LogP contribution is 2.11. The summed E-state index contributed by atoms with van der Waals surface area (Å²) in [7, 11) is 0. The number of rotatable bonds is 5. The molecule has 0 spiro atoms. The number of hydrogen-bond acceptors (Lipinski definition) is 3. The van der Waals surface area contributed by atoms with Gasteiger partial charge in [0.1, 0.15) is 0 Å². The summed E-state index contributed by atoms with van der Waals surface area (Å²) >= 11 is 0. The number of hydrogen-bond donors (Lipinski definition) is 1. The Bertz CT molecular complexity index is 522. The fourth-order valence-corrected chi connectivity index (χ4v) is 2.63. The molecular weight excluding hydrogens is 294 g/mol. The average molecular weight is 320 g/mol. The molecule has 1 aromatic rings. The van der Waals surface area contributed by atoms with E-state index in [0.717, 1.165) is 12.8 Å². The van der Waals surface area contributed by atoms with Gasteiger partial charge >= 0.3 is 6.09 Å². The third-order valence-electron chi connectivity index (χ3n) is 4.04. The molecule has 2 amide bonds. The summed E-state index contributed by atoms with van der Waals surface area (Å²) in [5, 5.41) is 3.06. The predicted octanol–water partition coefficient (Wildman–Crippen LogP) is 1.41. The molecule has 1 aliphatic heterocycles. The first-order valence-corrected chi connectivity index (χ1v) is 8.25. The molecule has 0 aliphatic carbocycles. The van der Waals surface area contributed by atoms with Crippen molar-refractivity contribution in [2.24, 2.45) is 0 Å². The summed E-state index contributed by atoms with van der Waals surface area (Å²) < 4.78 is 7.00. The Morgan fingerprint density at radius 2 is 1.96 bits per heavy atom. The average Bonchev–Trinajstić information content (AvgIpc) is 2.55. The minimum atomic E-state index is -0.256. The highest BCUT2D eigenvalue weighted by Gasteiger charge is 2.24. The van der Waals surface area contributed by atoms with Crippen LogP contribution in [0.2, 0.25) is 0 Å². The molecule has 23 heavy (non-hydrogen) atoms. The molecule has 126 valence electrons. The minimum absolute atomic E-state index is 0.0626. The van der Waals surface area contributed by atoms with Gasteiger partial charge in [-0.05, 0) is 32.3 Å². The van der Waals surface area contributed by atoms with E-state index in [-0.39, 0.29) is 18.0 Å². The van der Waals surface area contributed by atoms with Crippen LogP contribution in [-0.4, -0.2) is 42.6 Å². The van der Waals surface area contributed by atoms with Crippen molar-refractivity contribution in [3.8, 4) is 0 Å². The maximum absolute atomic E-state index is 12.0. The zero-order chi connectivity index (χ0) is 16.7. The Morgan fingerprint density at radius 1 is 1.30 bits per heavy atom. The van der Waals surface area contributed by atoms with Crippen molar-refractivity contribution in [1.29, 1.82) is 0 Å². The Kier molecular flexibility index (Phi) is 6.38. The molecule has 2 rings (SSSR count). The maximum Gasteiger partial charge on any atom is 0.409 e. The van der Waals surface area contributed by atoms with Gasteiger partial charge in [0, 0.05) is 31.3 Å². The molecule has 0 bridgehead atoms. The van der Waals surface area contributed by atoms with Gasteiger partial charge in [-0.2, -0.15) is 0 Å². The minimum Gasteiger partial charge on any atom is -0.450 e. The van der Waals surface area contributed by atoms with Crippen LogP contribution in [0.25, 0.3) is 0 Å². The standard InChI is InChI=1S/C17H25N3O3/c1-3-23-17(22)20-12-6-15(7-13-20)18-16(21)8-11-19-9-4-14(2)5-10-19/h4-5,9-10,15H,3,6-8,11-13H2,1-2H3/p+1. The number of carbonyl (C=O) groups is 2. The second kappa shape index (κ2) is 8.50. The van der Waals surface area contributed by atoms with Crippen LogP contribution in [-0.2, 0) is 16.1 Å². The van der Waals surface area contributed by atoms with E-state index in [4.69, 9.17) is 4.74 Å². The highest BCUT2D eigenvalue weighted by atomic mass is 16.6. The third-order valence-corrected chi connectivity index (χ3v) is 4.04. The Morgan fingerprint density at radius 3 is 2.57 bits per heavy atom. The molecule has 0 radical (unpaired) electrons. The lowest BCUT2D eigenvalue weighted by Gasteiger charge is -2.31. The molecule has 0 saturated carbocycles. The molecule has 0 atom stereocenters. The number of ether oxygens (including phenoxy) is 1. The lowest BCUT2D eigenvalue weighted by molar-refractivity contribution is -0.695. The van der Waals surface area contributed by atoms with E-state index in [1.54, 1.807) is 11.8 Å². The van der Waals surface area contributed by atoms with Crippen LogP contribution < -0.4 is 9.88 Å². The quantitative estimate of drug-likeness (QED) is 0.835. The first kappa shape index (κ1) is 17.2. The summed E-state index contributed by atoms with van der Waals surface area (Å²) in [5.41, 5.74) is 1.21. The molecule has 0 unspecified atom stereocenters. The van der Waals surface area contributed by atoms with Gasteiger partial charge in [0.25, 0.3) is 0 Å². The number of nitrogens with zero attached hydrogens (tertiary/aromatic N) is 2. The largest absolute Gasteiger partial charge is 0.450 e. The van der Waals surface area contributed by atoms with Crippen LogP contribution >= 0.6 is 0 Å². The number of aryl methyl sites for hydroxylation is 2. The summed E-state index contributed by atoms with van der Waals surface area (Å²) in [5.74, 6) is 0.0626. The zero-order valence-corrected chi connectivity index (χ0v) is 14.0. The number of nitrogens with one attached hydrogen (secondary N) is 1. The first-order chi connectivity index (χ1) is 11.1. The smallest absolute Gasteiger partial charge is 0.409 e. The molecule has 1 N–H and O–H groups in total. The molecule has 1 saturated heterocycles. The van der Waals surface area contributed by atoms with E-state index in [1.807, 2.05) is 36.0 Å². The summed E-state index contributed by atoms with van der Waals surface area (Å²) in [6, 6.07) is 4.21. The molecule has 1 aliphatic rings.